The van der Waals surface area contributed by atoms with Crippen molar-refractivity contribution < 1.29 is 4.79 Å². The smallest absolute Gasteiger partial charge is 0.254 e. The summed E-state index contributed by atoms with van der Waals surface area (Å²) in [5.74, 6) is -0.236. The van der Waals surface area contributed by atoms with Gasteiger partial charge in [-0.05, 0) is 49.2 Å². The summed E-state index contributed by atoms with van der Waals surface area (Å²) in [4.78, 5) is 20.7. The SMILES string of the molecule is Cc1cc(C)c2nc(Cl)c(C(=O)NCc3ccncc3)cc2c1. The predicted octanol–water partition coefficient (Wildman–Crippen LogP) is 3.83. The van der Waals surface area contributed by atoms with E-state index in [1.165, 1.54) is 0 Å². The molecule has 0 saturated heterocycles. The van der Waals surface area contributed by atoms with Gasteiger partial charge in [0.05, 0.1) is 11.1 Å². The molecule has 1 aromatic carbocycles. The van der Waals surface area contributed by atoms with Crippen LogP contribution in [0, 0.1) is 13.8 Å². The molecule has 0 fully saturated rings. The van der Waals surface area contributed by atoms with E-state index < -0.39 is 0 Å². The van der Waals surface area contributed by atoms with Gasteiger partial charge in [-0.25, -0.2) is 4.98 Å². The zero-order chi connectivity index (χ0) is 16.4. The van der Waals surface area contributed by atoms with Gasteiger partial charge in [-0.15, -0.1) is 0 Å². The van der Waals surface area contributed by atoms with Crippen LogP contribution in [0.5, 0.6) is 0 Å². The maximum absolute atomic E-state index is 12.4. The number of pyridine rings is 2. The van der Waals surface area contributed by atoms with Gasteiger partial charge in [0.15, 0.2) is 0 Å². The summed E-state index contributed by atoms with van der Waals surface area (Å²) in [5, 5.41) is 4.00. The Morgan fingerprint density at radius 2 is 1.91 bits per heavy atom. The average molecular weight is 326 g/mol. The number of fused-ring (bicyclic) bond motifs is 1. The number of amides is 1. The molecule has 0 bridgehead atoms. The van der Waals surface area contributed by atoms with E-state index >= 15 is 0 Å². The fraction of sp³-hybridized carbons (Fsp3) is 0.167. The number of carbonyl (C=O) groups excluding carboxylic acids is 1. The number of benzene rings is 1. The molecule has 0 atom stereocenters. The zero-order valence-electron chi connectivity index (χ0n) is 12.9. The predicted molar refractivity (Wildman–Crippen MR) is 91.6 cm³/mol. The summed E-state index contributed by atoms with van der Waals surface area (Å²) in [6.45, 7) is 4.43. The van der Waals surface area contributed by atoms with Crippen molar-refractivity contribution in [1.82, 2.24) is 15.3 Å². The van der Waals surface area contributed by atoms with Crippen LogP contribution in [0.3, 0.4) is 0 Å². The molecule has 3 aromatic rings. The molecule has 23 heavy (non-hydrogen) atoms. The van der Waals surface area contributed by atoms with Crippen LogP contribution >= 0.6 is 11.6 Å². The summed E-state index contributed by atoms with van der Waals surface area (Å²) in [6, 6.07) is 9.56. The molecule has 0 saturated carbocycles. The van der Waals surface area contributed by atoms with Crippen LogP contribution in [0.25, 0.3) is 10.9 Å². The molecule has 0 aliphatic carbocycles. The molecule has 1 amide bonds. The van der Waals surface area contributed by atoms with E-state index in [1.807, 2.05) is 32.0 Å². The van der Waals surface area contributed by atoms with Crippen LogP contribution in [-0.2, 0) is 6.54 Å². The molecule has 5 heteroatoms. The molecule has 2 heterocycles. The van der Waals surface area contributed by atoms with Crippen LogP contribution in [-0.4, -0.2) is 15.9 Å². The zero-order valence-corrected chi connectivity index (χ0v) is 13.7. The first-order valence-electron chi connectivity index (χ1n) is 7.29. The molecule has 0 unspecified atom stereocenters. The summed E-state index contributed by atoms with van der Waals surface area (Å²) in [5.41, 5.74) is 4.36. The molecule has 2 aromatic heterocycles. The number of hydrogen-bond donors (Lipinski definition) is 1. The lowest BCUT2D eigenvalue weighted by molar-refractivity contribution is 0.0951. The highest BCUT2D eigenvalue weighted by Gasteiger charge is 2.14. The van der Waals surface area contributed by atoms with E-state index in [0.29, 0.717) is 12.1 Å². The van der Waals surface area contributed by atoms with Crippen molar-refractivity contribution in [3.8, 4) is 0 Å². The van der Waals surface area contributed by atoms with Gasteiger partial charge in [0, 0.05) is 24.3 Å². The Bertz CT molecular complexity index is 878. The molecular formula is C18H16ClN3O. The van der Waals surface area contributed by atoms with Gasteiger partial charge >= 0.3 is 0 Å². The monoisotopic (exact) mass is 325 g/mol. The second-order valence-electron chi connectivity index (χ2n) is 5.52. The van der Waals surface area contributed by atoms with Crippen molar-refractivity contribution in [1.29, 1.82) is 0 Å². The minimum atomic E-state index is -0.236. The summed E-state index contributed by atoms with van der Waals surface area (Å²) in [7, 11) is 0. The van der Waals surface area contributed by atoms with Crippen LogP contribution in [0.1, 0.15) is 27.0 Å². The Kier molecular flexibility index (Phi) is 4.26. The number of rotatable bonds is 3. The van der Waals surface area contributed by atoms with E-state index in [4.69, 9.17) is 11.6 Å². The number of halogens is 1. The largest absolute Gasteiger partial charge is 0.348 e. The average Bonchev–Trinajstić information content (AvgIpc) is 2.54. The number of carbonyl (C=O) groups is 1. The highest BCUT2D eigenvalue weighted by Crippen LogP contribution is 2.24. The van der Waals surface area contributed by atoms with E-state index in [1.54, 1.807) is 18.5 Å². The molecule has 1 N–H and O–H groups in total. The Morgan fingerprint density at radius 1 is 1.17 bits per heavy atom. The van der Waals surface area contributed by atoms with Crippen molar-refractivity contribution in [3.05, 3.63) is 70.1 Å². The maximum Gasteiger partial charge on any atom is 0.254 e. The number of nitrogens with one attached hydrogen (secondary N) is 1. The summed E-state index contributed by atoms with van der Waals surface area (Å²) in [6.07, 6.45) is 3.38. The van der Waals surface area contributed by atoms with Gasteiger partial charge in [0.2, 0.25) is 0 Å². The van der Waals surface area contributed by atoms with Crippen molar-refractivity contribution >= 4 is 28.4 Å². The Morgan fingerprint density at radius 3 is 2.65 bits per heavy atom. The maximum atomic E-state index is 12.4. The topological polar surface area (TPSA) is 54.9 Å². The van der Waals surface area contributed by atoms with Gasteiger partial charge in [0.25, 0.3) is 5.91 Å². The molecule has 3 rings (SSSR count). The van der Waals surface area contributed by atoms with Gasteiger partial charge in [-0.1, -0.05) is 23.2 Å². The Labute approximate surface area is 139 Å². The van der Waals surface area contributed by atoms with Crippen LogP contribution < -0.4 is 5.32 Å². The number of nitrogens with zero attached hydrogens (tertiary/aromatic N) is 2. The van der Waals surface area contributed by atoms with Gasteiger partial charge in [0.1, 0.15) is 5.15 Å². The Hall–Kier alpha value is -2.46. The second-order valence-corrected chi connectivity index (χ2v) is 5.88. The van der Waals surface area contributed by atoms with Crippen molar-refractivity contribution in [3.63, 3.8) is 0 Å². The first-order valence-corrected chi connectivity index (χ1v) is 7.67. The van der Waals surface area contributed by atoms with Crippen LogP contribution in [0.2, 0.25) is 5.15 Å². The summed E-state index contributed by atoms with van der Waals surface area (Å²) < 4.78 is 0. The summed E-state index contributed by atoms with van der Waals surface area (Å²) >= 11 is 6.21. The minimum absolute atomic E-state index is 0.219. The van der Waals surface area contributed by atoms with Gasteiger partial charge in [-0.3, -0.25) is 9.78 Å². The number of aryl methyl sites for hydroxylation is 2. The van der Waals surface area contributed by atoms with Gasteiger partial charge in [-0.2, -0.15) is 0 Å². The third kappa shape index (κ3) is 3.32. The van der Waals surface area contributed by atoms with E-state index in [9.17, 15) is 4.79 Å². The van der Waals surface area contributed by atoms with Crippen molar-refractivity contribution in [2.75, 3.05) is 0 Å². The lowest BCUT2D eigenvalue weighted by Gasteiger charge is -2.09. The normalized spacial score (nSPS) is 10.7. The second kappa shape index (κ2) is 6.34. The molecular weight excluding hydrogens is 310 g/mol. The minimum Gasteiger partial charge on any atom is -0.348 e. The third-order valence-corrected chi connectivity index (χ3v) is 3.94. The molecule has 0 aliphatic heterocycles. The van der Waals surface area contributed by atoms with Crippen molar-refractivity contribution in [2.24, 2.45) is 0 Å². The molecule has 0 aliphatic rings. The highest BCUT2D eigenvalue weighted by atomic mass is 35.5. The molecule has 116 valence electrons. The lowest BCUT2D eigenvalue weighted by atomic mass is 10.1. The standard InChI is InChI=1S/C18H16ClN3O/c1-11-7-12(2)16-14(8-11)9-15(17(19)22-16)18(23)21-10-13-3-5-20-6-4-13/h3-9H,10H2,1-2H3,(H,21,23). The first-order chi connectivity index (χ1) is 11.0. The fourth-order valence-electron chi connectivity index (χ4n) is 2.57. The number of aromatic nitrogens is 2. The van der Waals surface area contributed by atoms with Crippen molar-refractivity contribution in [2.45, 2.75) is 20.4 Å². The third-order valence-electron chi connectivity index (χ3n) is 3.65. The molecule has 4 nitrogen and oxygen atoms in total. The molecule has 0 spiro atoms. The van der Waals surface area contributed by atoms with Crippen LogP contribution in [0.4, 0.5) is 0 Å². The van der Waals surface area contributed by atoms with E-state index in [-0.39, 0.29) is 11.1 Å². The highest BCUT2D eigenvalue weighted by molar-refractivity contribution is 6.33. The number of hydrogen-bond acceptors (Lipinski definition) is 3. The van der Waals surface area contributed by atoms with Gasteiger partial charge < -0.3 is 5.32 Å². The van der Waals surface area contributed by atoms with E-state index in [2.05, 4.69) is 21.4 Å². The quantitative estimate of drug-likeness (QED) is 0.745. The van der Waals surface area contributed by atoms with E-state index in [0.717, 1.165) is 27.6 Å². The molecule has 0 radical (unpaired) electrons. The first kappa shape index (κ1) is 15.4. The lowest BCUT2D eigenvalue weighted by Crippen LogP contribution is -2.23. The Balaban J connectivity index is 1.89. The van der Waals surface area contributed by atoms with Crippen LogP contribution in [0.15, 0.2) is 42.7 Å². The fourth-order valence-corrected chi connectivity index (χ4v) is 2.79.